The molecule has 0 spiro atoms. The first-order valence-corrected chi connectivity index (χ1v) is 8.56. The van der Waals surface area contributed by atoms with Gasteiger partial charge in [-0.1, -0.05) is 15.9 Å². The molecule has 5 atom stereocenters. The van der Waals surface area contributed by atoms with Gasteiger partial charge in [0.05, 0.1) is 7.11 Å². The highest BCUT2D eigenvalue weighted by Gasteiger charge is 2.66. The number of ether oxygens (including phenoxy) is 1. The van der Waals surface area contributed by atoms with Crippen LogP contribution in [0.5, 0.6) is 5.75 Å². The maximum Gasteiger partial charge on any atom is 0.122 e. The van der Waals surface area contributed by atoms with Crippen LogP contribution >= 0.6 is 15.9 Å². The number of halogens is 1. The molecular weight excluding hydrogens is 314 g/mol. The molecule has 4 rings (SSSR count). The minimum Gasteiger partial charge on any atom is -0.496 e. The SMILES string of the molecule is COc1ccc(Br)cc1CC(N)C1C2C3CCC(C3)C12. The maximum absolute atomic E-state index is 6.56. The van der Waals surface area contributed by atoms with Crippen LogP contribution in [0.4, 0.5) is 0 Å². The van der Waals surface area contributed by atoms with Crippen LogP contribution in [0.1, 0.15) is 24.8 Å². The number of hydrogen-bond acceptors (Lipinski definition) is 2. The van der Waals surface area contributed by atoms with E-state index in [1.54, 1.807) is 7.11 Å². The summed E-state index contributed by atoms with van der Waals surface area (Å²) in [6.07, 6.45) is 5.38. The van der Waals surface area contributed by atoms with E-state index in [9.17, 15) is 0 Å². The lowest BCUT2D eigenvalue weighted by Gasteiger charge is -2.18. The molecule has 3 saturated carbocycles. The van der Waals surface area contributed by atoms with Gasteiger partial charge in [0.1, 0.15) is 5.75 Å². The summed E-state index contributed by atoms with van der Waals surface area (Å²) in [7, 11) is 1.74. The normalized spacial score (nSPS) is 38.6. The number of fused-ring (bicyclic) bond motifs is 5. The van der Waals surface area contributed by atoms with Crippen LogP contribution in [0.3, 0.4) is 0 Å². The van der Waals surface area contributed by atoms with E-state index in [0.29, 0.717) is 6.04 Å². The van der Waals surface area contributed by atoms with E-state index in [4.69, 9.17) is 10.5 Å². The van der Waals surface area contributed by atoms with Crippen LogP contribution in [-0.2, 0) is 6.42 Å². The zero-order valence-electron chi connectivity index (χ0n) is 11.9. The van der Waals surface area contributed by atoms with E-state index in [1.165, 1.54) is 24.8 Å². The largest absolute Gasteiger partial charge is 0.496 e. The van der Waals surface area contributed by atoms with Crippen molar-refractivity contribution in [3.05, 3.63) is 28.2 Å². The van der Waals surface area contributed by atoms with Crippen molar-refractivity contribution in [1.29, 1.82) is 0 Å². The Balaban J connectivity index is 1.49. The first kappa shape index (κ1) is 13.1. The molecule has 3 aliphatic carbocycles. The van der Waals surface area contributed by atoms with Gasteiger partial charge in [-0.3, -0.25) is 0 Å². The summed E-state index contributed by atoms with van der Waals surface area (Å²) in [5.74, 6) is 5.68. The lowest BCUT2D eigenvalue weighted by atomic mass is 9.93. The monoisotopic (exact) mass is 335 g/mol. The molecule has 2 nitrogen and oxygen atoms in total. The molecule has 108 valence electrons. The van der Waals surface area contributed by atoms with Gasteiger partial charge in [0.2, 0.25) is 0 Å². The lowest BCUT2D eigenvalue weighted by molar-refractivity contribution is 0.391. The lowest BCUT2D eigenvalue weighted by Crippen LogP contribution is -2.28. The number of rotatable bonds is 4. The van der Waals surface area contributed by atoms with Gasteiger partial charge in [0.15, 0.2) is 0 Å². The van der Waals surface area contributed by atoms with Gasteiger partial charge in [0, 0.05) is 10.5 Å². The van der Waals surface area contributed by atoms with Crippen molar-refractivity contribution in [1.82, 2.24) is 0 Å². The average Bonchev–Trinajstić information content (AvgIpc) is 2.88. The smallest absolute Gasteiger partial charge is 0.122 e. The molecule has 0 amide bonds. The van der Waals surface area contributed by atoms with Gasteiger partial charge in [-0.25, -0.2) is 0 Å². The highest BCUT2D eigenvalue weighted by atomic mass is 79.9. The minimum absolute atomic E-state index is 0.302. The van der Waals surface area contributed by atoms with Crippen molar-refractivity contribution in [2.24, 2.45) is 35.3 Å². The minimum atomic E-state index is 0.302. The van der Waals surface area contributed by atoms with Crippen molar-refractivity contribution in [2.45, 2.75) is 31.7 Å². The van der Waals surface area contributed by atoms with Crippen molar-refractivity contribution in [3.63, 3.8) is 0 Å². The van der Waals surface area contributed by atoms with E-state index < -0.39 is 0 Å². The van der Waals surface area contributed by atoms with Crippen LogP contribution in [0.15, 0.2) is 22.7 Å². The van der Waals surface area contributed by atoms with Crippen LogP contribution in [-0.4, -0.2) is 13.2 Å². The molecule has 3 aliphatic rings. The Labute approximate surface area is 129 Å². The molecule has 0 radical (unpaired) electrons. The van der Waals surface area contributed by atoms with Gasteiger partial charge in [0.25, 0.3) is 0 Å². The summed E-state index contributed by atoms with van der Waals surface area (Å²) < 4.78 is 6.58. The van der Waals surface area contributed by atoms with Crippen LogP contribution in [0.25, 0.3) is 0 Å². The zero-order chi connectivity index (χ0) is 13.9. The number of methoxy groups -OCH3 is 1. The van der Waals surface area contributed by atoms with Gasteiger partial charge >= 0.3 is 0 Å². The molecule has 1 aromatic rings. The molecule has 0 aliphatic heterocycles. The van der Waals surface area contributed by atoms with Gasteiger partial charge in [-0.15, -0.1) is 0 Å². The van der Waals surface area contributed by atoms with E-state index in [1.807, 2.05) is 12.1 Å². The number of hydrogen-bond donors (Lipinski definition) is 1. The fraction of sp³-hybridized carbons (Fsp3) is 0.647. The summed E-state index contributed by atoms with van der Waals surface area (Å²) in [5, 5.41) is 0. The summed E-state index contributed by atoms with van der Waals surface area (Å²) >= 11 is 3.55. The predicted octanol–water partition coefficient (Wildman–Crippen LogP) is 3.62. The molecule has 3 fully saturated rings. The highest BCUT2D eigenvalue weighted by molar-refractivity contribution is 9.10. The Bertz CT molecular complexity index is 516. The van der Waals surface area contributed by atoms with E-state index in [-0.39, 0.29) is 0 Å². The summed E-state index contributed by atoms with van der Waals surface area (Å²) in [5.41, 5.74) is 7.80. The second-order valence-electron chi connectivity index (χ2n) is 6.89. The third-order valence-electron chi connectivity index (χ3n) is 5.99. The van der Waals surface area contributed by atoms with Crippen molar-refractivity contribution in [3.8, 4) is 5.75 Å². The zero-order valence-corrected chi connectivity index (χ0v) is 13.5. The van der Waals surface area contributed by atoms with E-state index in [2.05, 4.69) is 22.0 Å². The van der Waals surface area contributed by atoms with Gasteiger partial charge in [-0.05, 0) is 79.0 Å². The molecule has 2 bridgehead atoms. The van der Waals surface area contributed by atoms with Crippen LogP contribution < -0.4 is 10.5 Å². The molecular formula is C17H22BrNO. The first-order valence-electron chi connectivity index (χ1n) is 7.77. The molecule has 2 N–H and O–H groups in total. The maximum atomic E-state index is 6.56. The fourth-order valence-corrected chi connectivity index (χ4v) is 5.67. The standard InChI is InChI=1S/C17H22BrNO/c1-20-14-5-4-12(18)7-11(14)8-13(19)17-15-9-2-3-10(6-9)16(15)17/h4-5,7,9-10,13,15-17H,2-3,6,8,19H2,1H3. The summed E-state index contributed by atoms with van der Waals surface area (Å²) in [6.45, 7) is 0. The fourth-order valence-electron chi connectivity index (χ4n) is 5.26. The molecule has 1 aromatic carbocycles. The van der Waals surface area contributed by atoms with Gasteiger partial charge in [-0.2, -0.15) is 0 Å². The number of nitrogens with two attached hydrogens (primary N) is 1. The van der Waals surface area contributed by atoms with Crippen molar-refractivity contribution >= 4 is 15.9 Å². The molecule has 5 unspecified atom stereocenters. The Morgan fingerprint density at radius 2 is 2.00 bits per heavy atom. The molecule has 20 heavy (non-hydrogen) atoms. The van der Waals surface area contributed by atoms with Crippen molar-refractivity contribution in [2.75, 3.05) is 7.11 Å². The Hall–Kier alpha value is -0.540. The molecule has 0 saturated heterocycles. The Morgan fingerprint density at radius 3 is 2.65 bits per heavy atom. The molecule has 3 heteroatoms. The highest BCUT2D eigenvalue weighted by Crippen LogP contribution is 2.70. The average molecular weight is 336 g/mol. The third kappa shape index (κ3) is 1.93. The van der Waals surface area contributed by atoms with Crippen LogP contribution in [0.2, 0.25) is 0 Å². The van der Waals surface area contributed by atoms with E-state index >= 15 is 0 Å². The first-order chi connectivity index (χ1) is 9.69. The Morgan fingerprint density at radius 1 is 1.30 bits per heavy atom. The van der Waals surface area contributed by atoms with Crippen molar-refractivity contribution < 1.29 is 4.74 Å². The summed E-state index contributed by atoms with van der Waals surface area (Å²) in [4.78, 5) is 0. The molecule has 0 aromatic heterocycles. The van der Waals surface area contributed by atoms with Gasteiger partial charge < -0.3 is 10.5 Å². The molecule has 0 heterocycles. The predicted molar refractivity (Wildman–Crippen MR) is 83.7 cm³/mol. The second kappa shape index (κ2) is 4.74. The summed E-state index contributed by atoms with van der Waals surface area (Å²) in [6, 6.07) is 6.52. The third-order valence-corrected chi connectivity index (χ3v) is 6.48. The number of benzene rings is 1. The van der Waals surface area contributed by atoms with E-state index in [0.717, 1.165) is 46.2 Å². The topological polar surface area (TPSA) is 35.2 Å². The quantitative estimate of drug-likeness (QED) is 0.911. The van der Waals surface area contributed by atoms with Crippen LogP contribution in [0, 0.1) is 29.6 Å². The second-order valence-corrected chi connectivity index (χ2v) is 7.81. The Kier molecular flexibility index (Phi) is 3.11.